The molecule has 1 unspecified atom stereocenters. The zero-order chi connectivity index (χ0) is 19.3. The van der Waals surface area contributed by atoms with E-state index in [1.54, 1.807) is 6.92 Å². The van der Waals surface area contributed by atoms with Gasteiger partial charge >= 0.3 is 5.97 Å². The van der Waals surface area contributed by atoms with Crippen LogP contribution in [0.3, 0.4) is 0 Å². The minimum absolute atomic E-state index is 0.188. The number of hydrogen-bond acceptors (Lipinski definition) is 5. The fraction of sp³-hybridized carbons (Fsp3) is 0.300. The van der Waals surface area contributed by atoms with Gasteiger partial charge in [-0.3, -0.25) is 4.79 Å². The predicted molar refractivity (Wildman–Crippen MR) is 98.7 cm³/mol. The Hall–Kier alpha value is -3.02. The van der Waals surface area contributed by atoms with Gasteiger partial charge in [0, 0.05) is 0 Å². The maximum atomic E-state index is 12.3. The van der Waals surface area contributed by atoms with Crippen LogP contribution in [0.2, 0.25) is 0 Å². The quantitative estimate of drug-likeness (QED) is 0.608. The average Bonchev–Trinajstić information content (AvgIpc) is 2.62. The van der Waals surface area contributed by atoms with Crippen LogP contribution in [-0.2, 0) is 9.53 Å². The molecule has 0 saturated heterocycles. The average molecular weight is 357 g/mol. The summed E-state index contributed by atoms with van der Waals surface area (Å²) in [5.74, 6) is -0.212. The second-order valence-corrected chi connectivity index (χ2v) is 6.20. The van der Waals surface area contributed by atoms with Crippen LogP contribution in [0.15, 0.2) is 42.5 Å². The Morgan fingerprint density at radius 2 is 1.69 bits per heavy atom. The van der Waals surface area contributed by atoms with Crippen molar-refractivity contribution in [2.24, 2.45) is 0 Å². The van der Waals surface area contributed by atoms with Gasteiger partial charge < -0.3 is 19.9 Å². The fourth-order valence-electron chi connectivity index (χ4n) is 2.31. The first-order valence-electron chi connectivity index (χ1n) is 8.30. The molecule has 0 spiro atoms. The number of anilines is 1. The van der Waals surface area contributed by atoms with Gasteiger partial charge in [-0.15, -0.1) is 0 Å². The lowest BCUT2D eigenvalue weighted by atomic mass is 10.0. The van der Waals surface area contributed by atoms with Gasteiger partial charge in [0.1, 0.15) is 11.5 Å². The SMILES string of the molecule is COC(=O)c1ccc(NC(=O)C(C)Oc2ccc(C(C)C)cc2)c(O)c1. The van der Waals surface area contributed by atoms with Crippen LogP contribution >= 0.6 is 0 Å². The van der Waals surface area contributed by atoms with Gasteiger partial charge in [0.15, 0.2) is 6.10 Å². The highest BCUT2D eigenvalue weighted by Gasteiger charge is 2.17. The summed E-state index contributed by atoms with van der Waals surface area (Å²) in [7, 11) is 1.25. The maximum Gasteiger partial charge on any atom is 0.337 e. The Morgan fingerprint density at radius 3 is 2.23 bits per heavy atom. The van der Waals surface area contributed by atoms with Crippen LogP contribution < -0.4 is 10.1 Å². The van der Waals surface area contributed by atoms with E-state index in [9.17, 15) is 14.7 Å². The van der Waals surface area contributed by atoms with Crippen molar-refractivity contribution in [3.63, 3.8) is 0 Å². The van der Waals surface area contributed by atoms with E-state index in [0.717, 1.165) is 0 Å². The predicted octanol–water partition coefficient (Wildman–Crippen LogP) is 3.71. The molecule has 138 valence electrons. The number of aromatic hydroxyl groups is 1. The third-order valence-corrected chi connectivity index (χ3v) is 3.91. The number of phenolic OH excluding ortho intramolecular Hbond substituents is 1. The topological polar surface area (TPSA) is 84.9 Å². The van der Waals surface area contributed by atoms with E-state index in [2.05, 4.69) is 23.9 Å². The van der Waals surface area contributed by atoms with Crippen LogP contribution in [-0.4, -0.2) is 30.2 Å². The molecule has 0 radical (unpaired) electrons. The molecule has 0 saturated carbocycles. The molecular weight excluding hydrogens is 334 g/mol. The van der Waals surface area contributed by atoms with Crippen LogP contribution in [0.1, 0.15) is 42.6 Å². The third-order valence-electron chi connectivity index (χ3n) is 3.91. The molecule has 0 aliphatic heterocycles. The lowest BCUT2D eigenvalue weighted by molar-refractivity contribution is -0.122. The molecule has 0 aromatic heterocycles. The maximum absolute atomic E-state index is 12.3. The van der Waals surface area contributed by atoms with Crippen molar-refractivity contribution in [1.82, 2.24) is 0 Å². The highest BCUT2D eigenvalue weighted by atomic mass is 16.5. The molecule has 0 heterocycles. The molecule has 6 heteroatoms. The largest absolute Gasteiger partial charge is 0.506 e. The Morgan fingerprint density at radius 1 is 1.04 bits per heavy atom. The number of esters is 1. The van der Waals surface area contributed by atoms with Gasteiger partial charge in [-0.2, -0.15) is 0 Å². The van der Waals surface area contributed by atoms with Crippen molar-refractivity contribution < 1.29 is 24.2 Å². The highest BCUT2D eigenvalue weighted by Crippen LogP contribution is 2.25. The van der Waals surface area contributed by atoms with E-state index in [1.165, 1.54) is 30.9 Å². The molecule has 2 rings (SSSR count). The van der Waals surface area contributed by atoms with Crippen molar-refractivity contribution in [3.8, 4) is 11.5 Å². The first-order chi connectivity index (χ1) is 12.3. The Kier molecular flexibility index (Phi) is 6.22. The van der Waals surface area contributed by atoms with E-state index < -0.39 is 18.0 Å². The molecule has 0 bridgehead atoms. The molecule has 2 N–H and O–H groups in total. The molecule has 1 amide bonds. The first kappa shape index (κ1) is 19.3. The number of carbonyl (C=O) groups is 2. The monoisotopic (exact) mass is 357 g/mol. The summed E-state index contributed by atoms with van der Waals surface area (Å²) >= 11 is 0. The minimum atomic E-state index is -0.764. The van der Waals surface area contributed by atoms with Crippen molar-refractivity contribution >= 4 is 17.6 Å². The molecule has 2 aromatic rings. The first-order valence-corrected chi connectivity index (χ1v) is 8.30. The molecule has 2 aromatic carbocycles. The lowest BCUT2D eigenvalue weighted by Crippen LogP contribution is -2.30. The molecule has 0 aliphatic carbocycles. The standard InChI is InChI=1S/C20H23NO5/c1-12(2)14-5-8-16(9-6-14)26-13(3)19(23)21-17-10-7-15(11-18(17)22)20(24)25-4/h5-13,22H,1-4H3,(H,21,23). The number of hydrogen-bond donors (Lipinski definition) is 2. The zero-order valence-electron chi connectivity index (χ0n) is 15.3. The summed E-state index contributed by atoms with van der Waals surface area (Å²) in [6, 6.07) is 11.7. The van der Waals surface area contributed by atoms with Crippen LogP contribution in [0.5, 0.6) is 11.5 Å². The van der Waals surface area contributed by atoms with E-state index >= 15 is 0 Å². The number of benzene rings is 2. The van der Waals surface area contributed by atoms with Gasteiger partial charge in [0.2, 0.25) is 0 Å². The summed E-state index contributed by atoms with van der Waals surface area (Å²) in [6.45, 7) is 5.82. The van der Waals surface area contributed by atoms with Gasteiger partial charge in [0.05, 0.1) is 18.4 Å². The second kappa shape index (κ2) is 8.38. The smallest absolute Gasteiger partial charge is 0.337 e. The highest BCUT2D eigenvalue weighted by molar-refractivity contribution is 5.97. The number of nitrogens with one attached hydrogen (secondary N) is 1. The zero-order valence-corrected chi connectivity index (χ0v) is 15.3. The number of carbonyl (C=O) groups excluding carboxylic acids is 2. The van der Waals surface area contributed by atoms with Gasteiger partial charge in [-0.25, -0.2) is 4.79 Å². The fourth-order valence-corrected chi connectivity index (χ4v) is 2.31. The molecule has 0 fully saturated rings. The van der Waals surface area contributed by atoms with E-state index in [4.69, 9.17) is 4.74 Å². The van der Waals surface area contributed by atoms with E-state index in [-0.39, 0.29) is 17.0 Å². The molecule has 26 heavy (non-hydrogen) atoms. The van der Waals surface area contributed by atoms with Crippen LogP contribution in [0, 0.1) is 0 Å². The molecule has 0 aliphatic rings. The van der Waals surface area contributed by atoms with Crippen molar-refractivity contribution in [3.05, 3.63) is 53.6 Å². The number of rotatable bonds is 6. The number of amides is 1. The second-order valence-electron chi connectivity index (χ2n) is 6.20. The van der Waals surface area contributed by atoms with E-state index in [1.807, 2.05) is 24.3 Å². The van der Waals surface area contributed by atoms with Crippen LogP contribution in [0.25, 0.3) is 0 Å². The summed E-state index contributed by atoms with van der Waals surface area (Å²) in [5.41, 5.74) is 1.57. The number of methoxy groups -OCH3 is 1. The normalized spacial score (nSPS) is 11.7. The summed E-state index contributed by atoms with van der Waals surface area (Å²) in [4.78, 5) is 23.7. The van der Waals surface area contributed by atoms with Crippen LogP contribution in [0.4, 0.5) is 5.69 Å². The molecule has 1 atom stereocenters. The molecule has 6 nitrogen and oxygen atoms in total. The molecular formula is C20H23NO5. The number of phenols is 1. The van der Waals surface area contributed by atoms with E-state index in [0.29, 0.717) is 11.7 Å². The van der Waals surface area contributed by atoms with Gasteiger partial charge in [0.25, 0.3) is 5.91 Å². The third kappa shape index (κ3) is 4.75. The van der Waals surface area contributed by atoms with Crippen molar-refractivity contribution in [2.75, 3.05) is 12.4 Å². The lowest BCUT2D eigenvalue weighted by Gasteiger charge is -2.16. The Balaban J connectivity index is 2.01. The summed E-state index contributed by atoms with van der Waals surface area (Å²) in [5, 5.41) is 12.6. The Labute approximate surface area is 152 Å². The summed E-state index contributed by atoms with van der Waals surface area (Å²) < 4.78 is 10.2. The summed E-state index contributed by atoms with van der Waals surface area (Å²) in [6.07, 6.45) is -0.764. The minimum Gasteiger partial charge on any atom is -0.506 e. The Bertz CT molecular complexity index is 783. The van der Waals surface area contributed by atoms with Gasteiger partial charge in [-0.1, -0.05) is 26.0 Å². The number of ether oxygens (including phenoxy) is 2. The van der Waals surface area contributed by atoms with Gasteiger partial charge in [-0.05, 0) is 48.7 Å². The van der Waals surface area contributed by atoms with Crippen molar-refractivity contribution in [1.29, 1.82) is 0 Å². The van der Waals surface area contributed by atoms with Crippen molar-refractivity contribution in [2.45, 2.75) is 32.8 Å².